The minimum Gasteiger partial charge on any atom is -0.303 e. The molecule has 1 aliphatic rings. The molecule has 0 aromatic heterocycles. The molecular formula is C17H24ClNO. The van der Waals surface area contributed by atoms with Crippen molar-refractivity contribution in [1.29, 1.82) is 0 Å². The number of carbonyl (C=O) groups is 1. The summed E-state index contributed by atoms with van der Waals surface area (Å²) in [5, 5.41) is 0.562. The molecule has 20 heavy (non-hydrogen) atoms. The molecule has 0 heterocycles. The molecule has 0 saturated heterocycles. The normalized spacial score (nSPS) is 23.0. The number of nitrogens with zero attached hydrogens (tertiary/aromatic N) is 1. The Bertz CT molecular complexity index is 452. The first kappa shape index (κ1) is 15.5. The van der Waals surface area contributed by atoms with Crippen LogP contribution in [0.2, 0.25) is 5.02 Å². The zero-order chi connectivity index (χ0) is 14.5. The second kappa shape index (κ2) is 7.24. The Kier molecular flexibility index (Phi) is 5.62. The van der Waals surface area contributed by atoms with E-state index in [4.69, 9.17) is 11.6 Å². The summed E-state index contributed by atoms with van der Waals surface area (Å²) in [4.78, 5) is 14.5. The number of benzene rings is 1. The fraction of sp³-hybridized carbons (Fsp3) is 0.588. The standard InChI is InChI=1S/C17H24ClNO/c1-13-7-9-14(10-8-13)19(2)12-11-17(20)15-5-3-4-6-16(15)18/h3-6,13-14H,7-12H2,1-2H3. The van der Waals surface area contributed by atoms with E-state index < -0.39 is 0 Å². The van der Waals surface area contributed by atoms with Gasteiger partial charge >= 0.3 is 0 Å². The topological polar surface area (TPSA) is 20.3 Å². The molecule has 1 aromatic rings. The second-order valence-electron chi connectivity index (χ2n) is 6.05. The van der Waals surface area contributed by atoms with Gasteiger partial charge in [0, 0.05) is 24.6 Å². The van der Waals surface area contributed by atoms with Crippen LogP contribution in [-0.2, 0) is 0 Å². The summed E-state index contributed by atoms with van der Waals surface area (Å²) in [6.45, 7) is 3.15. The maximum Gasteiger partial charge on any atom is 0.165 e. The summed E-state index contributed by atoms with van der Waals surface area (Å²) in [6, 6.07) is 7.96. The first-order chi connectivity index (χ1) is 9.58. The minimum atomic E-state index is 0.145. The molecule has 0 amide bonds. The Balaban J connectivity index is 1.83. The zero-order valence-electron chi connectivity index (χ0n) is 12.4. The lowest BCUT2D eigenvalue weighted by Gasteiger charge is -2.33. The van der Waals surface area contributed by atoms with E-state index in [2.05, 4.69) is 18.9 Å². The van der Waals surface area contributed by atoms with E-state index in [-0.39, 0.29) is 5.78 Å². The van der Waals surface area contributed by atoms with Crippen molar-refractivity contribution in [2.24, 2.45) is 5.92 Å². The maximum absolute atomic E-state index is 12.2. The highest BCUT2D eigenvalue weighted by Crippen LogP contribution is 2.26. The Morgan fingerprint density at radius 3 is 2.55 bits per heavy atom. The van der Waals surface area contributed by atoms with Crippen LogP contribution in [0, 0.1) is 5.92 Å². The lowest BCUT2D eigenvalue weighted by molar-refractivity contribution is 0.0947. The Hall–Kier alpha value is -0.860. The van der Waals surface area contributed by atoms with Gasteiger partial charge in [-0.15, -0.1) is 0 Å². The SMILES string of the molecule is CC1CCC(N(C)CCC(=O)c2ccccc2Cl)CC1. The predicted octanol–water partition coefficient (Wildman–Crippen LogP) is 4.42. The highest BCUT2D eigenvalue weighted by molar-refractivity contribution is 6.33. The predicted molar refractivity (Wildman–Crippen MR) is 84.4 cm³/mol. The molecule has 1 aromatic carbocycles. The van der Waals surface area contributed by atoms with Crippen LogP contribution in [0.15, 0.2) is 24.3 Å². The molecule has 1 saturated carbocycles. The molecule has 0 unspecified atom stereocenters. The average molecular weight is 294 g/mol. The number of carbonyl (C=O) groups excluding carboxylic acids is 1. The number of hydrogen-bond donors (Lipinski definition) is 0. The van der Waals surface area contributed by atoms with Crippen LogP contribution in [0.5, 0.6) is 0 Å². The van der Waals surface area contributed by atoms with E-state index in [1.165, 1.54) is 25.7 Å². The first-order valence-electron chi connectivity index (χ1n) is 7.56. The highest BCUT2D eigenvalue weighted by atomic mass is 35.5. The van der Waals surface area contributed by atoms with Crippen LogP contribution in [0.1, 0.15) is 49.4 Å². The van der Waals surface area contributed by atoms with Gasteiger partial charge in [0.1, 0.15) is 0 Å². The third kappa shape index (κ3) is 4.07. The van der Waals surface area contributed by atoms with Crippen molar-refractivity contribution in [1.82, 2.24) is 4.90 Å². The number of hydrogen-bond acceptors (Lipinski definition) is 2. The summed E-state index contributed by atoms with van der Waals surface area (Å²) >= 11 is 6.06. The maximum atomic E-state index is 12.2. The van der Waals surface area contributed by atoms with Gasteiger partial charge in [0.25, 0.3) is 0 Å². The zero-order valence-corrected chi connectivity index (χ0v) is 13.2. The molecule has 0 N–H and O–H groups in total. The second-order valence-corrected chi connectivity index (χ2v) is 6.45. The summed E-state index contributed by atoms with van der Waals surface area (Å²) in [5.41, 5.74) is 0.653. The van der Waals surface area contributed by atoms with Crippen LogP contribution in [0.4, 0.5) is 0 Å². The molecule has 1 fully saturated rings. The molecule has 0 aliphatic heterocycles. The van der Waals surface area contributed by atoms with Gasteiger partial charge in [-0.1, -0.05) is 30.7 Å². The fourth-order valence-corrected chi connectivity index (χ4v) is 3.21. The summed E-state index contributed by atoms with van der Waals surface area (Å²) in [6.07, 6.45) is 5.70. The van der Waals surface area contributed by atoms with Gasteiger partial charge in [0.15, 0.2) is 5.78 Å². The third-order valence-corrected chi connectivity index (χ3v) is 4.80. The van der Waals surface area contributed by atoms with Gasteiger partial charge < -0.3 is 4.90 Å². The molecule has 0 radical (unpaired) electrons. The smallest absolute Gasteiger partial charge is 0.165 e. The Morgan fingerprint density at radius 1 is 1.25 bits per heavy atom. The molecular weight excluding hydrogens is 270 g/mol. The summed E-state index contributed by atoms with van der Waals surface area (Å²) in [7, 11) is 2.14. The minimum absolute atomic E-state index is 0.145. The van der Waals surface area contributed by atoms with Crippen molar-refractivity contribution in [3.63, 3.8) is 0 Å². The number of ketones is 1. The van der Waals surface area contributed by atoms with Crippen molar-refractivity contribution < 1.29 is 4.79 Å². The van der Waals surface area contributed by atoms with Crippen LogP contribution >= 0.6 is 11.6 Å². The molecule has 2 nitrogen and oxygen atoms in total. The van der Waals surface area contributed by atoms with E-state index >= 15 is 0 Å². The lowest BCUT2D eigenvalue weighted by atomic mass is 9.86. The number of rotatable bonds is 5. The van der Waals surface area contributed by atoms with E-state index in [0.29, 0.717) is 23.0 Å². The van der Waals surface area contributed by atoms with Crippen LogP contribution in [0.25, 0.3) is 0 Å². The van der Waals surface area contributed by atoms with Gasteiger partial charge in [0.2, 0.25) is 0 Å². The number of Topliss-reactive ketones (excluding diaryl/α,β-unsaturated/α-hetero) is 1. The monoisotopic (exact) mass is 293 g/mol. The van der Waals surface area contributed by atoms with E-state index in [1.54, 1.807) is 6.07 Å². The van der Waals surface area contributed by atoms with Crippen LogP contribution in [-0.4, -0.2) is 30.3 Å². The summed E-state index contributed by atoms with van der Waals surface area (Å²) < 4.78 is 0. The largest absolute Gasteiger partial charge is 0.303 e. The quantitative estimate of drug-likeness (QED) is 0.749. The Morgan fingerprint density at radius 2 is 1.90 bits per heavy atom. The van der Waals surface area contributed by atoms with Gasteiger partial charge in [-0.05, 0) is 50.8 Å². The van der Waals surface area contributed by atoms with E-state index in [0.717, 1.165) is 12.5 Å². The molecule has 2 rings (SSSR count). The van der Waals surface area contributed by atoms with Crippen molar-refractivity contribution in [2.45, 2.75) is 45.1 Å². The molecule has 3 heteroatoms. The average Bonchev–Trinajstić information content (AvgIpc) is 2.45. The van der Waals surface area contributed by atoms with E-state index in [1.807, 2.05) is 18.2 Å². The first-order valence-corrected chi connectivity index (χ1v) is 7.93. The molecule has 1 aliphatic carbocycles. The van der Waals surface area contributed by atoms with Crippen molar-refractivity contribution in [2.75, 3.05) is 13.6 Å². The van der Waals surface area contributed by atoms with Crippen LogP contribution < -0.4 is 0 Å². The molecule has 0 spiro atoms. The lowest BCUT2D eigenvalue weighted by Crippen LogP contribution is -2.36. The molecule has 0 bridgehead atoms. The van der Waals surface area contributed by atoms with Gasteiger partial charge in [-0.25, -0.2) is 0 Å². The Labute approximate surface area is 127 Å². The van der Waals surface area contributed by atoms with Crippen LogP contribution in [0.3, 0.4) is 0 Å². The molecule has 110 valence electrons. The highest BCUT2D eigenvalue weighted by Gasteiger charge is 2.22. The van der Waals surface area contributed by atoms with Gasteiger partial charge in [-0.3, -0.25) is 4.79 Å². The third-order valence-electron chi connectivity index (χ3n) is 4.47. The number of halogens is 1. The fourth-order valence-electron chi connectivity index (χ4n) is 2.97. The molecule has 0 atom stereocenters. The summed E-state index contributed by atoms with van der Waals surface area (Å²) in [5.74, 6) is 1.01. The van der Waals surface area contributed by atoms with E-state index in [9.17, 15) is 4.79 Å². The van der Waals surface area contributed by atoms with Gasteiger partial charge in [0.05, 0.1) is 5.02 Å². The van der Waals surface area contributed by atoms with Crippen molar-refractivity contribution >= 4 is 17.4 Å². The van der Waals surface area contributed by atoms with Crippen molar-refractivity contribution in [3.05, 3.63) is 34.9 Å². The van der Waals surface area contributed by atoms with Gasteiger partial charge in [-0.2, -0.15) is 0 Å². The van der Waals surface area contributed by atoms with Crippen molar-refractivity contribution in [3.8, 4) is 0 Å².